The van der Waals surface area contributed by atoms with E-state index in [0.29, 0.717) is 0 Å². The van der Waals surface area contributed by atoms with Gasteiger partial charge < -0.3 is 13.7 Å². The summed E-state index contributed by atoms with van der Waals surface area (Å²) in [7, 11) is -2.77. The molecule has 70 heavy (non-hydrogen) atoms. The van der Waals surface area contributed by atoms with Crippen LogP contribution in [0.15, 0.2) is 273 Å². The van der Waals surface area contributed by atoms with Crippen molar-refractivity contribution >= 4 is 94.2 Å². The molecule has 3 heterocycles. The molecule has 0 unspecified atom stereocenters. The van der Waals surface area contributed by atoms with Crippen LogP contribution in [0.2, 0.25) is 0 Å². The highest BCUT2D eigenvalue weighted by Gasteiger charge is 2.41. The maximum absolute atomic E-state index is 2.77. The van der Waals surface area contributed by atoms with Crippen molar-refractivity contribution < 1.29 is 0 Å². The summed E-state index contributed by atoms with van der Waals surface area (Å²) in [5.74, 6) is 0. The van der Waals surface area contributed by atoms with Crippen LogP contribution in [0.25, 0.3) is 93.6 Å². The molecule has 3 nitrogen and oxygen atoms in total. The van der Waals surface area contributed by atoms with E-state index in [1.165, 1.54) is 97.3 Å². The highest BCUT2D eigenvalue weighted by Crippen LogP contribution is 2.44. The molecule has 14 rings (SSSR count). The zero-order chi connectivity index (χ0) is 46.2. The molecule has 0 fully saturated rings. The van der Waals surface area contributed by atoms with Crippen molar-refractivity contribution in [1.29, 1.82) is 0 Å². The molecule has 0 aliphatic heterocycles. The van der Waals surface area contributed by atoms with Crippen molar-refractivity contribution in [2.75, 3.05) is 0 Å². The lowest BCUT2D eigenvalue weighted by Crippen LogP contribution is -2.74. The Bertz CT molecular complexity index is 4180. The van der Waals surface area contributed by atoms with Crippen molar-refractivity contribution in [2.45, 2.75) is 0 Å². The standard InChI is InChI=1S/C66H45N3Si/c1-5-22-46(23-6-1)69-61-39-17-13-32-53(61)56-36-20-37-57(66(56)69)55-35-21-41-64-65(55)58-34-15-18-40-62(58)68(64)48-42-43-63-59(45-48)54-33-14-16-38-60(54)67(63)47-24-19-31-52(44-47)70(49-25-7-2-8-26-49,50-27-9-3-10-28-50)51-29-11-4-12-30-51/h1-45H. The van der Waals surface area contributed by atoms with E-state index in [-0.39, 0.29) is 0 Å². The average Bonchev–Trinajstić information content (AvgIpc) is 4.08. The number of para-hydroxylation sites is 5. The Balaban J connectivity index is 0.984. The highest BCUT2D eigenvalue weighted by molar-refractivity contribution is 7.19. The molecular formula is C66H45N3Si. The number of rotatable bonds is 8. The minimum Gasteiger partial charge on any atom is -0.309 e. The first-order valence-corrected chi connectivity index (χ1v) is 26.2. The van der Waals surface area contributed by atoms with Crippen LogP contribution in [0, 0.1) is 0 Å². The first-order valence-electron chi connectivity index (χ1n) is 24.2. The minimum atomic E-state index is -2.77. The molecule has 0 bridgehead atoms. The molecule has 0 atom stereocenters. The number of fused-ring (bicyclic) bond motifs is 9. The van der Waals surface area contributed by atoms with Gasteiger partial charge in [0, 0.05) is 54.9 Å². The van der Waals surface area contributed by atoms with Crippen molar-refractivity contribution in [1.82, 2.24) is 13.7 Å². The lowest BCUT2D eigenvalue weighted by atomic mass is 9.97. The van der Waals surface area contributed by atoms with Crippen molar-refractivity contribution in [2.24, 2.45) is 0 Å². The normalized spacial score (nSPS) is 12.0. The Labute approximate surface area is 407 Å². The fraction of sp³-hybridized carbons (Fsp3) is 0. The molecule has 0 saturated heterocycles. The summed E-state index contributed by atoms with van der Waals surface area (Å²) in [6.07, 6.45) is 0. The van der Waals surface area contributed by atoms with Crippen LogP contribution in [0.4, 0.5) is 0 Å². The molecule has 0 amide bonds. The molecule has 3 aromatic heterocycles. The van der Waals surface area contributed by atoms with Gasteiger partial charge in [-0.25, -0.2) is 0 Å². The first-order chi connectivity index (χ1) is 34.8. The smallest absolute Gasteiger partial charge is 0.179 e. The monoisotopic (exact) mass is 907 g/mol. The van der Waals surface area contributed by atoms with Crippen LogP contribution in [-0.2, 0) is 0 Å². The third kappa shape index (κ3) is 5.94. The van der Waals surface area contributed by atoms with Crippen LogP contribution in [0.1, 0.15) is 0 Å². The fourth-order valence-corrected chi connectivity index (χ4v) is 16.7. The van der Waals surface area contributed by atoms with Crippen LogP contribution in [0.3, 0.4) is 0 Å². The van der Waals surface area contributed by atoms with E-state index >= 15 is 0 Å². The van der Waals surface area contributed by atoms with Gasteiger partial charge in [-0.3, -0.25) is 0 Å². The van der Waals surface area contributed by atoms with E-state index in [1.807, 2.05) is 0 Å². The maximum Gasteiger partial charge on any atom is 0.179 e. The summed E-state index contributed by atoms with van der Waals surface area (Å²) in [6, 6.07) is 101. The van der Waals surface area contributed by atoms with Gasteiger partial charge in [-0.05, 0) is 93.0 Å². The number of hydrogen-bond donors (Lipinski definition) is 0. The van der Waals surface area contributed by atoms with E-state index in [1.54, 1.807) is 0 Å². The molecule has 11 aromatic carbocycles. The Hall–Kier alpha value is -8.96. The second-order valence-corrected chi connectivity index (χ2v) is 22.2. The van der Waals surface area contributed by atoms with E-state index < -0.39 is 8.07 Å². The Morgan fingerprint density at radius 2 is 0.643 bits per heavy atom. The number of benzene rings is 11. The largest absolute Gasteiger partial charge is 0.309 e. The lowest BCUT2D eigenvalue weighted by molar-refractivity contribution is 1.17. The number of aromatic nitrogens is 3. The Morgan fingerprint density at radius 1 is 0.229 bits per heavy atom. The molecule has 0 aliphatic rings. The number of hydrogen-bond acceptors (Lipinski definition) is 0. The van der Waals surface area contributed by atoms with E-state index in [4.69, 9.17) is 0 Å². The topological polar surface area (TPSA) is 14.8 Å². The quantitative estimate of drug-likeness (QED) is 0.107. The molecule has 0 aliphatic carbocycles. The highest BCUT2D eigenvalue weighted by atomic mass is 28.3. The van der Waals surface area contributed by atoms with Crippen molar-refractivity contribution in [3.05, 3.63) is 273 Å². The summed E-state index contributed by atoms with van der Waals surface area (Å²) in [4.78, 5) is 0. The predicted octanol–water partition coefficient (Wildman–Crippen LogP) is 14.0. The first kappa shape index (κ1) is 40.1. The van der Waals surface area contributed by atoms with Gasteiger partial charge >= 0.3 is 0 Å². The third-order valence-corrected chi connectivity index (χ3v) is 19.5. The molecular weight excluding hydrogens is 863 g/mol. The van der Waals surface area contributed by atoms with Gasteiger partial charge in [0.15, 0.2) is 8.07 Å². The lowest BCUT2D eigenvalue weighted by Gasteiger charge is -2.34. The van der Waals surface area contributed by atoms with Gasteiger partial charge in [-0.1, -0.05) is 206 Å². The van der Waals surface area contributed by atoms with Crippen LogP contribution < -0.4 is 20.7 Å². The summed E-state index contributed by atoms with van der Waals surface area (Å²) in [5, 5.41) is 12.9. The van der Waals surface area contributed by atoms with Gasteiger partial charge in [-0.2, -0.15) is 0 Å². The number of nitrogens with zero attached hydrogens (tertiary/aromatic N) is 3. The molecule has 328 valence electrons. The zero-order valence-corrected chi connectivity index (χ0v) is 39.3. The van der Waals surface area contributed by atoms with Crippen LogP contribution >= 0.6 is 0 Å². The second kappa shape index (κ2) is 16.1. The maximum atomic E-state index is 2.48. The van der Waals surface area contributed by atoms with Crippen LogP contribution in [0.5, 0.6) is 0 Å². The van der Waals surface area contributed by atoms with Gasteiger partial charge in [0.25, 0.3) is 0 Å². The van der Waals surface area contributed by atoms with Crippen molar-refractivity contribution in [3.8, 4) is 28.2 Å². The van der Waals surface area contributed by atoms with E-state index in [2.05, 4.69) is 287 Å². The molecule has 0 saturated carbocycles. The molecule has 0 N–H and O–H groups in total. The molecule has 0 spiro atoms. The van der Waals surface area contributed by atoms with Gasteiger partial charge in [-0.15, -0.1) is 0 Å². The average molecular weight is 908 g/mol. The molecule has 14 aromatic rings. The van der Waals surface area contributed by atoms with Gasteiger partial charge in [0.05, 0.1) is 33.1 Å². The van der Waals surface area contributed by atoms with Gasteiger partial charge in [0.2, 0.25) is 0 Å². The Morgan fingerprint density at radius 3 is 1.30 bits per heavy atom. The Kier molecular flexibility index (Phi) is 9.23. The van der Waals surface area contributed by atoms with Gasteiger partial charge in [0.1, 0.15) is 0 Å². The minimum absolute atomic E-state index is 1.13. The van der Waals surface area contributed by atoms with E-state index in [9.17, 15) is 0 Å². The van der Waals surface area contributed by atoms with Crippen molar-refractivity contribution in [3.63, 3.8) is 0 Å². The van der Waals surface area contributed by atoms with E-state index in [0.717, 1.165) is 17.1 Å². The second-order valence-electron chi connectivity index (χ2n) is 18.4. The summed E-state index contributed by atoms with van der Waals surface area (Å²) in [5.41, 5.74) is 13.0. The molecule has 4 heteroatoms. The fourth-order valence-electron chi connectivity index (χ4n) is 11.9. The predicted molar refractivity (Wildman–Crippen MR) is 299 cm³/mol. The summed E-state index contributed by atoms with van der Waals surface area (Å²) >= 11 is 0. The molecule has 0 radical (unpaired) electrons. The van der Waals surface area contributed by atoms with Crippen LogP contribution in [-0.4, -0.2) is 21.8 Å². The third-order valence-electron chi connectivity index (χ3n) is 14.8. The summed E-state index contributed by atoms with van der Waals surface area (Å²) < 4.78 is 7.41. The zero-order valence-electron chi connectivity index (χ0n) is 38.3. The SMILES string of the molecule is c1ccc(-n2c3ccccc3c3cccc(-c4cccc5c4c4ccccc4n5-c4ccc5c(c4)c4ccccc4n5-c4cccc([Si](c5ccccc5)(c5ccccc5)c5ccccc5)c4)c32)cc1. The summed E-state index contributed by atoms with van der Waals surface area (Å²) in [6.45, 7) is 0.